The highest BCUT2D eigenvalue weighted by Gasteiger charge is 2.33. The third-order valence-electron chi connectivity index (χ3n) is 3.40. The van der Waals surface area contributed by atoms with E-state index in [-0.39, 0.29) is 6.04 Å². The van der Waals surface area contributed by atoms with E-state index in [1.54, 1.807) is 4.31 Å². The average Bonchev–Trinajstić information content (AvgIpc) is 2.27. The minimum absolute atomic E-state index is 0.0865. The fourth-order valence-corrected chi connectivity index (χ4v) is 4.41. The molecule has 1 atom stereocenters. The predicted molar refractivity (Wildman–Crippen MR) is 82.1 cm³/mol. The van der Waals surface area contributed by atoms with Crippen LogP contribution in [0.1, 0.15) is 40.0 Å². The summed E-state index contributed by atoms with van der Waals surface area (Å²) in [6, 6.07) is -0.0865. The second-order valence-corrected chi connectivity index (χ2v) is 7.94. The van der Waals surface area contributed by atoms with Gasteiger partial charge in [0.2, 0.25) is 0 Å². The van der Waals surface area contributed by atoms with Gasteiger partial charge in [0.05, 0.1) is 4.99 Å². The van der Waals surface area contributed by atoms with Crippen LogP contribution in [0.2, 0.25) is 0 Å². The summed E-state index contributed by atoms with van der Waals surface area (Å²) in [7, 11) is -3.40. The van der Waals surface area contributed by atoms with Gasteiger partial charge >= 0.3 is 0 Å². The van der Waals surface area contributed by atoms with Crippen molar-refractivity contribution in [3.8, 4) is 0 Å². The molecular weight excluding hydrogens is 282 g/mol. The van der Waals surface area contributed by atoms with Crippen molar-refractivity contribution in [3.63, 3.8) is 0 Å². The number of hydrogen-bond acceptors (Lipinski definition) is 3. The van der Waals surface area contributed by atoms with Crippen LogP contribution < -0.4 is 5.73 Å². The molecule has 1 heterocycles. The predicted octanol–water partition coefficient (Wildman–Crippen LogP) is 1.35. The fourth-order valence-electron chi connectivity index (χ4n) is 2.36. The van der Waals surface area contributed by atoms with E-state index >= 15 is 0 Å². The molecule has 1 aliphatic heterocycles. The maximum Gasteiger partial charge on any atom is 0.282 e. The first-order valence-electron chi connectivity index (χ1n) is 6.80. The summed E-state index contributed by atoms with van der Waals surface area (Å²) in [6.07, 6.45) is 2.46. The lowest BCUT2D eigenvalue weighted by molar-refractivity contribution is 0.248. The number of rotatable bonds is 6. The molecule has 0 amide bonds. The standard InChI is InChI=1S/C12H25N3O2S2/c1-10(2)15(8-6-12(13)18)19(16,17)14-7-4-5-11(3)9-14/h10-11H,4-9H2,1-3H3,(H2,13,18). The molecular formula is C12H25N3O2S2. The van der Waals surface area contributed by atoms with Gasteiger partial charge in [0.15, 0.2) is 0 Å². The molecule has 1 fully saturated rings. The highest BCUT2D eigenvalue weighted by atomic mass is 32.2. The number of hydrogen-bond donors (Lipinski definition) is 1. The summed E-state index contributed by atoms with van der Waals surface area (Å²) in [5.41, 5.74) is 5.48. The first-order chi connectivity index (χ1) is 8.75. The Morgan fingerprint density at radius 3 is 2.63 bits per heavy atom. The van der Waals surface area contributed by atoms with Gasteiger partial charge in [0.25, 0.3) is 10.2 Å². The maximum absolute atomic E-state index is 12.7. The van der Waals surface area contributed by atoms with Gasteiger partial charge in [-0.05, 0) is 32.6 Å². The topological polar surface area (TPSA) is 66.6 Å². The number of nitrogens with zero attached hydrogens (tertiary/aromatic N) is 2. The molecule has 7 heteroatoms. The van der Waals surface area contributed by atoms with Crippen LogP contribution in [0.15, 0.2) is 0 Å². The SMILES string of the molecule is CC1CCCN(S(=O)(=O)N(CCC(N)=S)C(C)C)C1. The first-order valence-corrected chi connectivity index (χ1v) is 8.61. The molecule has 0 spiro atoms. The quantitative estimate of drug-likeness (QED) is 0.752. The Kier molecular flexibility index (Phi) is 6.16. The van der Waals surface area contributed by atoms with Crippen molar-refractivity contribution in [2.24, 2.45) is 11.7 Å². The number of thiocarbonyl (C=S) groups is 1. The lowest BCUT2D eigenvalue weighted by Crippen LogP contribution is -2.50. The molecule has 1 unspecified atom stereocenters. The molecule has 0 aromatic carbocycles. The third-order valence-corrected chi connectivity index (χ3v) is 5.78. The largest absolute Gasteiger partial charge is 0.393 e. The molecule has 0 aromatic heterocycles. The highest BCUT2D eigenvalue weighted by Crippen LogP contribution is 2.22. The van der Waals surface area contributed by atoms with Crippen molar-refractivity contribution in [3.05, 3.63) is 0 Å². The van der Waals surface area contributed by atoms with E-state index in [1.807, 2.05) is 13.8 Å². The molecule has 0 saturated carbocycles. The van der Waals surface area contributed by atoms with E-state index in [0.717, 1.165) is 12.8 Å². The Balaban J connectivity index is 2.83. The minimum atomic E-state index is -3.40. The Bertz CT molecular complexity index is 409. The smallest absolute Gasteiger partial charge is 0.282 e. The molecule has 112 valence electrons. The second kappa shape index (κ2) is 6.97. The number of nitrogens with two attached hydrogens (primary N) is 1. The zero-order valence-corrected chi connectivity index (χ0v) is 13.6. The van der Waals surface area contributed by atoms with Gasteiger partial charge in [-0.2, -0.15) is 17.0 Å². The van der Waals surface area contributed by atoms with E-state index < -0.39 is 10.2 Å². The van der Waals surface area contributed by atoms with E-state index in [1.165, 1.54) is 4.31 Å². The zero-order chi connectivity index (χ0) is 14.6. The maximum atomic E-state index is 12.7. The molecule has 19 heavy (non-hydrogen) atoms. The molecule has 0 radical (unpaired) electrons. The van der Waals surface area contributed by atoms with Crippen LogP contribution in [0.5, 0.6) is 0 Å². The average molecular weight is 307 g/mol. The van der Waals surface area contributed by atoms with Gasteiger partial charge in [-0.3, -0.25) is 0 Å². The van der Waals surface area contributed by atoms with Gasteiger partial charge < -0.3 is 5.73 Å². The van der Waals surface area contributed by atoms with Crippen LogP contribution >= 0.6 is 12.2 Å². The molecule has 0 aromatic rings. The zero-order valence-electron chi connectivity index (χ0n) is 12.0. The summed E-state index contributed by atoms with van der Waals surface area (Å²) in [5, 5.41) is 0. The van der Waals surface area contributed by atoms with E-state index in [9.17, 15) is 8.42 Å². The second-order valence-electron chi connectivity index (χ2n) is 5.53. The van der Waals surface area contributed by atoms with Crippen LogP contribution in [0, 0.1) is 5.92 Å². The van der Waals surface area contributed by atoms with Crippen molar-refractivity contribution in [1.82, 2.24) is 8.61 Å². The minimum Gasteiger partial charge on any atom is -0.393 e. The molecule has 0 bridgehead atoms. The van der Waals surface area contributed by atoms with Crippen LogP contribution in [0.3, 0.4) is 0 Å². The van der Waals surface area contributed by atoms with Crippen molar-refractivity contribution >= 4 is 27.4 Å². The molecule has 1 aliphatic rings. The van der Waals surface area contributed by atoms with E-state index in [2.05, 4.69) is 6.92 Å². The van der Waals surface area contributed by atoms with Gasteiger partial charge in [-0.15, -0.1) is 0 Å². The van der Waals surface area contributed by atoms with Crippen molar-refractivity contribution < 1.29 is 8.42 Å². The lowest BCUT2D eigenvalue weighted by atomic mass is 10.0. The Hall–Kier alpha value is -0.240. The molecule has 1 saturated heterocycles. The van der Waals surface area contributed by atoms with Crippen LogP contribution in [-0.4, -0.2) is 47.7 Å². The lowest BCUT2D eigenvalue weighted by Gasteiger charge is -2.36. The van der Waals surface area contributed by atoms with Crippen LogP contribution in [0.4, 0.5) is 0 Å². The summed E-state index contributed by atoms with van der Waals surface area (Å²) < 4.78 is 28.4. The monoisotopic (exact) mass is 307 g/mol. The Morgan fingerprint density at radius 1 is 1.53 bits per heavy atom. The van der Waals surface area contributed by atoms with Crippen LogP contribution in [-0.2, 0) is 10.2 Å². The molecule has 1 rings (SSSR count). The Morgan fingerprint density at radius 2 is 2.16 bits per heavy atom. The van der Waals surface area contributed by atoms with Crippen LogP contribution in [0.25, 0.3) is 0 Å². The molecule has 5 nitrogen and oxygen atoms in total. The summed E-state index contributed by atoms with van der Waals surface area (Å²) in [4.78, 5) is 0.355. The molecule has 0 aliphatic carbocycles. The van der Waals surface area contributed by atoms with Gasteiger partial charge in [0, 0.05) is 32.1 Å². The summed E-state index contributed by atoms with van der Waals surface area (Å²) in [5.74, 6) is 0.424. The highest BCUT2D eigenvalue weighted by molar-refractivity contribution is 7.86. The fraction of sp³-hybridized carbons (Fsp3) is 0.917. The van der Waals surface area contributed by atoms with Crippen molar-refractivity contribution in [2.75, 3.05) is 19.6 Å². The van der Waals surface area contributed by atoms with Gasteiger partial charge in [-0.25, -0.2) is 0 Å². The summed E-state index contributed by atoms with van der Waals surface area (Å²) in [6.45, 7) is 7.44. The van der Waals surface area contributed by atoms with Crippen molar-refractivity contribution in [2.45, 2.75) is 46.1 Å². The van der Waals surface area contributed by atoms with Gasteiger partial charge in [-0.1, -0.05) is 19.1 Å². The van der Waals surface area contributed by atoms with Gasteiger partial charge in [0.1, 0.15) is 0 Å². The normalized spacial score (nSPS) is 22.1. The van der Waals surface area contributed by atoms with Crippen molar-refractivity contribution in [1.29, 1.82) is 0 Å². The first kappa shape index (κ1) is 16.8. The third kappa shape index (κ3) is 4.66. The molecule has 2 N–H and O–H groups in total. The van der Waals surface area contributed by atoms with E-state index in [0.29, 0.717) is 37.0 Å². The number of piperidine rings is 1. The summed E-state index contributed by atoms with van der Waals surface area (Å²) >= 11 is 4.84. The van der Waals surface area contributed by atoms with E-state index in [4.69, 9.17) is 18.0 Å². The Labute approximate surface area is 122 Å².